The molecule has 1 unspecified atom stereocenters. The van der Waals surface area contributed by atoms with E-state index in [0.717, 1.165) is 39.1 Å². The SMILES string of the molecule is COc1ccccc1NC(CC(=O)Oc1c(-c2ccccc2C(C)C)c(C)cc(C)c1-c1ccccc1C(C)C)c1ccco1. The lowest BCUT2D eigenvalue weighted by atomic mass is 9.84. The molecule has 0 amide bonds. The largest absolute Gasteiger partial charge is 0.495 e. The van der Waals surface area contributed by atoms with Crippen LogP contribution in [0.5, 0.6) is 11.5 Å². The van der Waals surface area contributed by atoms with E-state index in [0.29, 0.717) is 17.3 Å². The van der Waals surface area contributed by atoms with Gasteiger partial charge in [-0.05, 0) is 83.3 Å². The molecule has 1 aromatic heterocycles. The molecule has 4 aromatic carbocycles. The smallest absolute Gasteiger partial charge is 0.313 e. The van der Waals surface area contributed by atoms with E-state index in [9.17, 15) is 4.79 Å². The third kappa shape index (κ3) is 6.83. The van der Waals surface area contributed by atoms with Gasteiger partial charge in [0.2, 0.25) is 0 Å². The van der Waals surface area contributed by atoms with Gasteiger partial charge in [0.25, 0.3) is 0 Å². The Balaban J connectivity index is 1.65. The van der Waals surface area contributed by atoms with E-state index >= 15 is 0 Å². The number of benzene rings is 4. The van der Waals surface area contributed by atoms with Crippen molar-refractivity contribution in [1.29, 1.82) is 0 Å². The molecule has 5 nitrogen and oxygen atoms in total. The Hall–Kier alpha value is -4.77. The fourth-order valence-corrected chi connectivity index (χ4v) is 6.17. The van der Waals surface area contributed by atoms with Crippen LogP contribution in [0.25, 0.3) is 22.3 Å². The Bertz CT molecular complexity index is 1690. The Labute approximate surface area is 267 Å². The van der Waals surface area contributed by atoms with Crippen LogP contribution in [-0.2, 0) is 4.79 Å². The van der Waals surface area contributed by atoms with Crippen molar-refractivity contribution in [3.05, 3.63) is 125 Å². The van der Waals surface area contributed by atoms with Gasteiger partial charge < -0.3 is 19.2 Å². The van der Waals surface area contributed by atoms with Gasteiger partial charge in [-0.3, -0.25) is 4.79 Å². The zero-order chi connectivity index (χ0) is 32.1. The van der Waals surface area contributed by atoms with Crippen molar-refractivity contribution in [2.75, 3.05) is 12.4 Å². The summed E-state index contributed by atoms with van der Waals surface area (Å²) < 4.78 is 17.9. The molecule has 5 rings (SSSR count). The summed E-state index contributed by atoms with van der Waals surface area (Å²) in [5.41, 5.74) is 9.33. The number of esters is 1. The van der Waals surface area contributed by atoms with E-state index in [1.165, 1.54) is 11.1 Å². The van der Waals surface area contributed by atoms with E-state index in [-0.39, 0.29) is 24.2 Å². The van der Waals surface area contributed by atoms with E-state index in [2.05, 4.69) is 101 Å². The second kappa shape index (κ2) is 13.9. The zero-order valence-corrected chi connectivity index (χ0v) is 27.3. The number of ether oxygens (including phenoxy) is 2. The highest BCUT2D eigenvalue weighted by Gasteiger charge is 2.27. The molecule has 5 aromatic rings. The lowest BCUT2D eigenvalue weighted by molar-refractivity contribution is -0.134. The summed E-state index contributed by atoms with van der Waals surface area (Å²) in [4.78, 5) is 14.2. The molecule has 0 saturated carbocycles. The molecule has 1 heterocycles. The second-order valence-electron chi connectivity index (χ2n) is 12.2. The van der Waals surface area contributed by atoms with Crippen molar-refractivity contribution < 1.29 is 18.7 Å². The quantitative estimate of drug-likeness (QED) is 0.121. The van der Waals surface area contributed by atoms with Crippen molar-refractivity contribution in [1.82, 2.24) is 0 Å². The molecule has 1 atom stereocenters. The van der Waals surface area contributed by atoms with Crippen molar-refractivity contribution in [3.8, 4) is 33.8 Å². The maximum absolute atomic E-state index is 14.2. The molecule has 0 bridgehead atoms. The van der Waals surface area contributed by atoms with Gasteiger partial charge in [0.05, 0.1) is 31.5 Å². The van der Waals surface area contributed by atoms with E-state index in [4.69, 9.17) is 13.9 Å². The number of carbonyl (C=O) groups is 1. The lowest BCUT2D eigenvalue weighted by Crippen LogP contribution is -2.20. The zero-order valence-electron chi connectivity index (χ0n) is 27.3. The average molecular weight is 602 g/mol. The highest BCUT2D eigenvalue weighted by molar-refractivity contribution is 5.91. The summed E-state index contributed by atoms with van der Waals surface area (Å²) in [6, 6.07) is 29.9. The van der Waals surface area contributed by atoms with Crippen molar-refractivity contribution in [3.63, 3.8) is 0 Å². The van der Waals surface area contributed by atoms with Gasteiger partial charge >= 0.3 is 5.97 Å². The molecular formula is C40H43NO4. The van der Waals surface area contributed by atoms with Crippen LogP contribution in [0.2, 0.25) is 0 Å². The van der Waals surface area contributed by atoms with Crippen LogP contribution >= 0.6 is 0 Å². The summed E-state index contributed by atoms with van der Waals surface area (Å²) in [6.45, 7) is 13.0. The molecule has 232 valence electrons. The summed E-state index contributed by atoms with van der Waals surface area (Å²) in [7, 11) is 1.63. The lowest BCUT2D eigenvalue weighted by Gasteiger charge is -2.25. The molecular weight excluding hydrogens is 558 g/mol. The average Bonchev–Trinajstić information content (AvgIpc) is 3.56. The summed E-state index contributed by atoms with van der Waals surface area (Å²) in [5.74, 6) is 2.10. The van der Waals surface area contributed by atoms with Crippen LogP contribution in [0.3, 0.4) is 0 Å². The molecule has 0 aliphatic carbocycles. The number of rotatable bonds is 11. The number of hydrogen-bond acceptors (Lipinski definition) is 5. The Morgan fingerprint density at radius 3 is 1.84 bits per heavy atom. The number of hydrogen-bond donors (Lipinski definition) is 1. The van der Waals surface area contributed by atoms with Crippen LogP contribution in [0.4, 0.5) is 5.69 Å². The standard InChI is InChI=1S/C40H43NO4/c1-25(2)29-15-8-10-17-31(29)38-27(5)23-28(6)39(32-18-11-9-16-30(32)26(3)4)40(38)45-37(42)24-34(36-21-14-22-44-36)41-33-19-12-13-20-35(33)43-7/h8-23,25-26,34,41H,24H2,1-7H3. The minimum absolute atomic E-state index is 0.0368. The maximum Gasteiger partial charge on any atom is 0.313 e. The fraction of sp³-hybridized carbons (Fsp3) is 0.275. The molecule has 0 aliphatic heterocycles. The Morgan fingerprint density at radius 1 is 0.756 bits per heavy atom. The predicted octanol–water partition coefficient (Wildman–Crippen LogP) is 10.6. The van der Waals surface area contributed by atoms with Gasteiger partial charge in [0, 0.05) is 11.1 Å². The first-order chi connectivity index (χ1) is 21.7. The van der Waals surface area contributed by atoms with E-state index in [1.54, 1.807) is 13.4 Å². The number of furan rings is 1. The maximum atomic E-state index is 14.2. The van der Waals surface area contributed by atoms with Crippen molar-refractivity contribution in [2.45, 2.75) is 65.8 Å². The molecule has 1 N–H and O–H groups in total. The first-order valence-corrected chi connectivity index (χ1v) is 15.7. The topological polar surface area (TPSA) is 60.7 Å². The minimum Gasteiger partial charge on any atom is -0.495 e. The summed E-state index contributed by atoms with van der Waals surface area (Å²) in [6.07, 6.45) is 1.65. The Kier molecular flexibility index (Phi) is 9.77. The summed E-state index contributed by atoms with van der Waals surface area (Å²) >= 11 is 0. The fourth-order valence-electron chi connectivity index (χ4n) is 6.17. The van der Waals surface area contributed by atoms with Crippen LogP contribution in [-0.4, -0.2) is 13.1 Å². The minimum atomic E-state index is -0.479. The highest BCUT2D eigenvalue weighted by Crippen LogP contribution is 2.47. The van der Waals surface area contributed by atoms with Gasteiger partial charge in [-0.25, -0.2) is 0 Å². The molecule has 0 radical (unpaired) electrons. The van der Waals surface area contributed by atoms with Gasteiger partial charge in [-0.2, -0.15) is 0 Å². The number of aryl methyl sites for hydroxylation is 2. The first kappa shape index (κ1) is 31.6. The molecule has 0 fully saturated rings. The third-order valence-corrected chi connectivity index (χ3v) is 8.29. The predicted molar refractivity (Wildman–Crippen MR) is 183 cm³/mol. The van der Waals surface area contributed by atoms with Gasteiger partial charge in [-0.1, -0.05) is 94.4 Å². The molecule has 45 heavy (non-hydrogen) atoms. The number of nitrogens with one attached hydrogen (secondary N) is 1. The number of anilines is 1. The van der Waals surface area contributed by atoms with Crippen LogP contribution in [0.15, 0.2) is 102 Å². The van der Waals surface area contributed by atoms with Crippen LogP contribution in [0, 0.1) is 13.8 Å². The summed E-state index contributed by atoms with van der Waals surface area (Å²) in [5, 5.41) is 3.46. The molecule has 0 aliphatic rings. The molecule has 0 saturated heterocycles. The van der Waals surface area contributed by atoms with Crippen LogP contribution < -0.4 is 14.8 Å². The van der Waals surface area contributed by atoms with Gasteiger partial charge in [0.15, 0.2) is 0 Å². The van der Waals surface area contributed by atoms with Gasteiger partial charge in [0.1, 0.15) is 17.3 Å². The first-order valence-electron chi connectivity index (χ1n) is 15.7. The number of para-hydroxylation sites is 2. The molecule has 5 heteroatoms. The number of methoxy groups -OCH3 is 1. The van der Waals surface area contributed by atoms with Crippen LogP contribution in [0.1, 0.15) is 80.0 Å². The number of carbonyl (C=O) groups excluding carboxylic acids is 1. The van der Waals surface area contributed by atoms with Gasteiger partial charge in [-0.15, -0.1) is 0 Å². The monoisotopic (exact) mass is 601 g/mol. The molecule has 0 spiro atoms. The van der Waals surface area contributed by atoms with Crippen molar-refractivity contribution in [2.24, 2.45) is 0 Å². The normalized spacial score (nSPS) is 11.9. The third-order valence-electron chi connectivity index (χ3n) is 8.29. The van der Waals surface area contributed by atoms with E-state index < -0.39 is 6.04 Å². The highest BCUT2D eigenvalue weighted by atomic mass is 16.5. The van der Waals surface area contributed by atoms with E-state index in [1.807, 2.05) is 36.4 Å². The van der Waals surface area contributed by atoms with Crippen molar-refractivity contribution >= 4 is 11.7 Å². The second-order valence-corrected chi connectivity index (χ2v) is 12.2. The Morgan fingerprint density at radius 2 is 1.31 bits per heavy atom.